The molecular formula is C13H23NOS. The Kier molecular flexibility index (Phi) is 6.69. The number of nitrogens with one attached hydrogen (secondary N) is 1. The number of hydrogen-bond acceptors (Lipinski definition) is 3. The van der Waals surface area contributed by atoms with Gasteiger partial charge in [-0.2, -0.15) is 11.3 Å². The van der Waals surface area contributed by atoms with Crippen molar-refractivity contribution in [1.29, 1.82) is 0 Å². The third-order valence-corrected chi connectivity index (χ3v) is 3.61. The van der Waals surface area contributed by atoms with Gasteiger partial charge in [-0.1, -0.05) is 6.92 Å². The molecule has 3 heteroatoms. The zero-order valence-electron chi connectivity index (χ0n) is 10.5. The average molecular weight is 241 g/mol. The first-order valence-corrected chi connectivity index (χ1v) is 6.97. The molecule has 2 nitrogen and oxygen atoms in total. The number of thiophene rings is 1. The highest BCUT2D eigenvalue weighted by Gasteiger charge is 2.11. The average Bonchev–Trinajstić information content (AvgIpc) is 2.79. The van der Waals surface area contributed by atoms with Crippen molar-refractivity contribution in [2.75, 3.05) is 13.7 Å². The smallest absolute Gasteiger partial charge is 0.0558 e. The number of rotatable bonds is 8. The van der Waals surface area contributed by atoms with Crippen molar-refractivity contribution in [2.45, 2.75) is 45.3 Å². The molecule has 16 heavy (non-hydrogen) atoms. The number of methoxy groups -OCH3 is 1. The van der Waals surface area contributed by atoms with Crippen molar-refractivity contribution in [3.05, 3.63) is 22.4 Å². The molecule has 1 aromatic rings. The van der Waals surface area contributed by atoms with Gasteiger partial charge in [0.1, 0.15) is 0 Å². The fourth-order valence-electron chi connectivity index (χ4n) is 1.86. The van der Waals surface area contributed by atoms with Crippen molar-refractivity contribution < 1.29 is 4.74 Å². The van der Waals surface area contributed by atoms with Crippen LogP contribution in [0, 0.1) is 0 Å². The monoisotopic (exact) mass is 241 g/mol. The molecule has 1 aromatic heterocycles. The van der Waals surface area contributed by atoms with E-state index in [-0.39, 0.29) is 0 Å². The largest absolute Gasteiger partial charge is 0.382 e. The van der Waals surface area contributed by atoms with E-state index in [1.54, 1.807) is 18.4 Å². The van der Waals surface area contributed by atoms with Crippen LogP contribution in [0.5, 0.6) is 0 Å². The summed E-state index contributed by atoms with van der Waals surface area (Å²) in [6.45, 7) is 5.33. The predicted octanol–water partition coefficient (Wildman–Crippen LogP) is 3.08. The molecule has 0 radical (unpaired) electrons. The SMILES string of the molecule is CCNC(CCc1ccsc1)CC(C)OC. The van der Waals surface area contributed by atoms with Crippen molar-refractivity contribution in [3.63, 3.8) is 0 Å². The van der Waals surface area contributed by atoms with Gasteiger partial charge in [-0.05, 0) is 55.1 Å². The van der Waals surface area contributed by atoms with E-state index in [1.165, 1.54) is 12.0 Å². The predicted molar refractivity (Wildman–Crippen MR) is 71.2 cm³/mol. The maximum absolute atomic E-state index is 5.33. The van der Waals surface area contributed by atoms with E-state index in [4.69, 9.17) is 4.74 Å². The Bertz CT molecular complexity index is 261. The van der Waals surface area contributed by atoms with E-state index in [9.17, 15) is 0 Å². The minimum absolute atomic E-state index is 0.339. The van der Waals surface area contributed by atoms with Crippen LogP contribution in [0.1, 0.15) is 32.3 Å². The van der Waals surface area contributed by atoms with Crippen LogP contribution in [-0.2, 0) is 11.2 Å². The van der Waals surface area contributed by atoms with Crippen molar-refractivity contribution in [1.82, 2.24) is 5.32 Å². The minimum Gasteiger partial charge on any atom is -0.382 e. The van der Waals surface area contributed by atoms with E-state index in [2.05, 4.69) is 36.0 Å². The van der Waals surface area contributed by atoms with Gasteiger partial charge in [0, 0.05) is 13.2 Å². The molecule has 2 unspecified atom stereocenters. The Hall–Kier alpha value is -0.380. The van der Waals surface area contributed by atoms with Gasteiger partial charge in [0.2, 0.25) is 0 Å². The van der Waals surface area contributed by atoms with Gasteiger partial charge < -0.3 is 10.1 Å². The third kappa shape index (κ3) is 5.10. The second kappa shape index (κ2) is 7.82. The summed E-state index contributed by atoms with van der Waals surface area (Å²) in [7, 11) is 1.78. The molecule has 0 aliphatic rings. The van der Waals surface area contributed by atoms with Crippen LogP contribution in [0.4, 0.5) is 0 Å². The topological polar surface area (TPSA) is 21.3 Å². The summed E-state index contributed by atoms with van der Waals surface area (Å²) in [4.78, 5) is 0. The summed E-state index contributed by atoms with van der Waals surface area (Å²) in [6.07, 6.45) is 3.79. The molecule has 0 bridgehead atoms. The van der Waals surface area contributed by atoms with Crippen LogP contribution in [0.2, 0.25) is 0 Å². The van der Waals surface area contributed by atoms with Gasteiger partial charge in [-0.25, -0.2) is 0 Å². The zero-order chi connectivity index (χ0) is 11.8. The normalized spacial score (nSPS) is 14.9. The molecule has 0 amide bonds. The summed E-state index contributed by atoms with van der Waals surface area (Å²) in [5, 5.41) is 7.92. The van der Waals surface area contributed by atoms with Crippen molar-refractivity contribution in [2.24, 2.45) is 0 Å². The number of aryl methyl sites for hydroxylation is 1. The quantitative estimate of drug-likeness (QED) is 0.755. The summed E-state index contributed by atoms with van der Waals surface area (Å²) in [5.41, 5.74) is 1.46. The maximum atomic E-state index is 5.33. The van der Waals surface area contributed by atoms with E-state index in [1.807, 2.05) is 0 Å². The lowest BCUT2D eigenvalue weighted by Gasteiger charge is -2.20. The van der Waals surface area contributed by atoms with Crippen molar-refractivity contribution in [3.8, 4) is 0 Å². The molecule has 1 N–H and O–H groups in total. The molecule has 0 spiro atoms. The molecule has 0 aromatic carbocycles. The van der Waals surface area contributed by atoms with Gasteiger partial charge >= 0.3 is 0 Å². The molecule has 0 aliphatic heterocycles. The zero-order valence-corrected chi connectivity index (χ0v) is 11.3. The van der Waals surface area contributed by atoms with Crippen LogP contribution in [0.15, 0.2) is 16.8 Å². The molecule has 1 heterocycles. The Morgan fingerprint density at radius 3 is 2.88 bits per heavy atom. The first-order chi connectivity index (χ1) is 7.76. The Morgan fingerprint density at radius 1 is 1.50 bits per heavy atom. The minimum atomic E-state index is 0.339. The highest BCUT2D eigenvalue weighted by Crippen LogP contribution is 2.12. The van der Waals surface area contributed by atoms with Gasteiger partial charge in [0.25, 0.3) is 0 Å². The standard InChI is InChI=1S/C13H23NOS/c1-4-14-13(9-11(2)15-3)6-5-12-7-8-16-10-12/h7-8,10-11,13-14H,4-6,9H2,1-3H3. The summed E-state index contributed by atoms with van der Waals surface area (Å²) >= 11 is 1.78. The summed E-state index contributed by atoms with van der Waals surface area (Å²) in [5.74, 6) is 0. The second-order valence-electron chi connectivity index (χ2n) is 4.21. The van der Waals surface area contributed by atoms with Crippen LogP contribution >= 0.6 is 11.3 Å². The van der Waals surface area contributed by atoms with Gasteiger partial charge in [-0.15, -0.1) is 0 Å². The lowest BCUT2D eigenvalue weighted by molar-refractivity contribution is 0.0995. The van der Waals surface area contributed by atoms with Gasteiger partial charge in [-0.3, -0.25) is 0 Å². The Morgan fingerprint density at radius 2 is 2.31 bits per heavy atom. The first kappa shape index (κ1) is 13.7. The summed E-state index contributed by atoms with van der Waals surface area (Å²) in [6, 6.07) is 2.79. The lowest BCUT2D eigenvalue weighted by Crippen LogP contribution is -2.32. The van der Waals surface area contributed by atoms with E-state index in [0.29, 0.717) is 12.1 Å². The Balaban J connectivity index is 2.32. The molecule has 0 saturated heterocycles. The highest BCUT2D eigenvalue weighted by molar-refractivity contribution is 7.07. The lowest BCUT2D eigenvalue weighted by atomic mass is 10.0. The van der Waals surface area contributed by atoms with Crippen LogP contribution in [0.3, 0.4) is 0 Å². The van der Waals surface area contributed by atoms with Crippen LogP contribution in [-0.4, -0.2) is 25.8 Å². The van der Waals surface area contributed by atoms with Crippen LogP contribution < -0.4 is 5.32 Å². The molecular weight excluding hydrogens is 218 g/mol. The molecule has 1 rings (SSSR count). The van der Waals surface area contributed by atoms with E-state index >= 15 is 0 Å². The van der Waals surface area contributed by atoms with E-state index in [0.717, 1.165) is 19.4 Å². The first-order valence-electron chi connectivity index (χ1n) is 6.03. The van der Waals surface area contributed by atoms with Gasteiger partial charge in [0.15, 0.2) is 0 Å². The maximum Gasteiger partial charge on any atom is 0.0558 e. The van der Waals surface area contributed by atoms with Crippen LogP contribution in [0.25, 0.3) is 0 Å². The molecule has 92 valence electrons. The fourth-order valence-corrected chi connectivity index (χ4v) is 2.57. The highest BCUT2D eigenvalue weighted by atomic mass is 32.1. The molecule has 0 fully saturated rings. The molecule has 2 atom stereocenters. The third-order valence-electron chi connectivity index (χ3n) is 2.87. The molecule has 0 saturated carbocycles. The number of hydrogen-bond donors (Lipinski definition) is 1. The Labute approximate surface area is 103 Å². The number of ether oxygens (including phenoxy) is 1. The van der Waals surface area contributed by atoms with E-state index < -0.39 is 0 Å². The van der Waals surface area contributed by atoms with Gasteiger partial charge in [0.05, 0.1) is 6.10 Å². The molecule has 0 aliphatic carbocycles. The second-order valence-corrected chi connectivity index (χ2v) is 4.99. The fraction of sp³-hybridized carbons (Fsp3) is 0.692. The van der Waals surface area contributed by atoms with Crippen molar-refractivity contribution >= 4 is 11.3 Å². The summed E-state index contributed by atoms with van der Waals surface area (Å²) < 4.78 is 5.33.